The van der Waals surface area contributed by atoms with E-state index < -0.39 is 22.5 Å². The maximum Gasteiger partial charge on any atom is 0.308 e. The van der Waals surface area contributed by atoms with Crippen LogP contribution in [0.25, 0.3) is 0 Å². The highest BCUT2D eigenvalue weighted by Crippen LogP contribution is 2.54. The number of rotatable bonds is 4. The van der Waals surface area contributed by atoms with E-state index in [2.05, 4.69) is 5.32 Å². The number of nitrogens with one attached hydrogen (secondary N) is 1. The summed E-state index contributed by atoms with van der Waals surface area (Å²) in [6.45, 7) is 5.47. The van der Waals surface area contributed by atoms with E-state index in [4.69, 9.17) is 0 Å². The van der Waals surface area contributed by atoms with E-state index in [9.17, 15) is 24.3 Å². The molecule has 180 valence electrons. The molecule has 3 amide bonds. The maximum atomic E-state index is 13.5. The van der Waals surface area contributed by atoms with Gasteiger partial charge in [0.2, 0.25) is 17.7 Å². The molecule has 10 heteroatoms. The number of aryl methyl sites for hydroxylation is 1. The number of imide groups is 1. The van der Waals surface area contributed by atoms with E-state index >= 15 is 0 Å². The molecule has 35 heavy (non-hydrogen) atoms. The fourth-order valence-electron chi connectivity index (χ4n) is 4.60. The zero-order valence-corrected chi connectivity index (χ0v) is 20.9. The van der Waals surface area contributed by atoms with Crippen LogP contribution in [0.15, 0.2) is 58.4 Å². The first-order valence-corrected chi connectivity index (χ1v) is 12.7. The third-order valence-corrected chi connectivity index (χ3v) is 9.27. The van der Waals surface area contributed by atoms with Gasteiger partial charge in [0.1, 0.15) is 17.5 Å². The van der Waals surface area contributed by atoms with Crippen molar-refractivity contribution in [2.45, 2.75) is 43.0 Å². The van der Waals surface area contributed by atoms with Gasteiger partial charge in [-0.2, -0.15) is 0 Å². The van der Waals surface area contributed by atoms with E-state index in [1.165, 1.54) is 33.4 Å². The molecule has 5 rings (SSSR count). The number of hydrogen-bond donors (Lipinski definition) is 2. The van der Waals surface area contributed by atoms with E-state index in [-0.39, 0.29) is 29.0 Å². The van der Waals surface area contributed by atoms with Gasteiger partial charge in [0.15, 0.2) is 0 Å². The summed E-state index contributed by atoms with van der Waals surface area (Å²) in [4.78, 5) is 54.2. The van der Waals surface area contributed by atoms with Gasteiger partial charge in [0.05, 0.1) is 16.6 Å². The van der Waals surface area contributed by atoms with Gasteiger partial charge in [-0.05, 0) is 43.3 Å². The van der Waals surface area contributed by atoms with E-state index in [0.29, 0.717) is 21.3 Å². The molecule has 2 aliphatic rings. The van der Waals surface area contributed by atoms with E-state index in [1.807, 2.05) is 32.9 Å². The van der Waals surface area contributed by atoms with Gasteiger partial charge >= 0.3 is 4.87 Å². The Bertz CT molecular complexity index is 1410. The summed E-state index contributed by atoms with van der Waals surface area (Å²) in [5.41, 5.74) is 1.28. The van der Waals surface area contributed by atoms with Gasteiger partial charge in [-0.25, -0.2) is 4.90 Å². The normalized spacial score (nSPS) is 20.5. The fraction of sp³-hybridized carbons (Fsp3) is 0.280. The third-order valence-electron chi connectivity index (χ3n) is 6.45. The van der Waals surface area contributed by atoms with Crippen molar-refractivity contribution in [2.24, 2.45) is 5.92 Å². The molecule has 2 aliphatic heterocycles. The number of nitrogens with zero attached hydrogens (tertiary/aromatic N) is 2. The van der Waals surface area contributed by atoms with Crippen LogP contribution in [0, 0.1) is 12.8 Å². The van der Waals surface area contributed by atoms with Crippen LogP contribution in [-0.4, -0.2) is 32.6 Å². The zero-order chi connectivity index (χ0) is 25.1. The summed E-state index contributed by atoms with van der Waals surface area (Å²) in [6.07, 6.45) is 0. The number of fused-ring (bicyclic) bond motifs is 2. The van der Waals surface area contributed by atoms with Gasteiger partial charge < -0.3 is 10.4 Å². The van der Waals surface area contributed by atoms with Crippen LogP contribution in [0.1, 0.15) is 24.3 Å². The Hall–Kier alpha value is -3.37. The molecule has 0 bridgehead atoms. The predicted octanol–water partition coefficient (Wildman–Crippen LogP) is 3.50. The second kappa shape index (κ2) is 8.39. The Kier molecular flexibility index (Phi) is 5.60. The average molecular weight is 510 g/mol. The van der Waals surface area contributed by atoms with Crippen molar-refractivity contribution < 1.29 is 19.5 Å². The molecule has 0 radical (unpaired) electrons. The summed E-state index contributed by atoms with van der Waals surface area (Å²) < 4.78 is 1.38. The van der Waals surface area contributed by atoms with Crippen molar-refractivity contribution in [2.75, 3.05) is 10.2 Å². The Morgan fingerprint density at radius 2 is 1.69 bits per heavy atom. The Balaban J connectivity index is 1.46. The lowest BCUT2D eigenvalue weighted by atomic mass is 9.76. The summed E-state index contributed by atoms with van der Waals surface area (Å²) >= 11 is 2.21. The number of benzene rings is 2. The highest BCUT2D eigenvalue weighted by molar-refractivity contribution is 8.00. The first-order valence-electron chi connectivity index (χ1n) is 11.0. The highest BCUT2D eigenvalue weighted by Gasteiger charge is 2.59. The predicted molar refractivity (Wildman–Crippen MR) is 135 cm³/mol. The summed E-state index contributed by atoms with van der Waals surface area (Å²) in [7, 11) is 0. The molecule has 2 atom stereocenters. The summed E-state index contributed by atoms with van der Waals surface area (Å²) in [5.74, 6) is -1.54. The van der Waals surface area contributed by atoms with Gasteiger partial charge in [-0.1, -0.05) is 54.6 Å². The number of hydrogen-bond acceptors (Lipinski definition) is 7. The number of aromatic hydroxyl groups is 1. The number of phenols is 1. The zero-order valence-electron chi connectivity index (χ0n) is 19.3. The van der Waals surface area contributed by atoms with Crippen LogP contribution in [0.3, 0.4) is 0 Å². The molecule has 1 aromatic heterocycles. The van der Waals surface area contributed by atoms with Gasteiger partial charge in [-0.3, -0.25) is 23.7 Å². The minimum Gasteiger partial charge on any atom is -0.508 e. The number of phenolic OH excluding ortho intramolecular Hbond substituents is 1. The smallest absolute Gasteiger partial charge is 0.308 e. The van der Waals surface area contributed by atoms with Crippen molar-refractivity contribution in [3.8, 4) is 5.75 Å². The SMILES string of the molecule is Cc1ccc(N2C(=O)[C@H]3Sc4c(sc(=O)n4CC(=O)Nc4ccc(O)cc4)C(C)(C)[C@H]3C2=O)cc1. The number of thiazole rings is 1. The van der Waals surface area contributed by atoms with Crippen molar-refractivity contribution in [3.63, 3.8) is 0 Å². The standard InChI is InChI=1S/C25H23N3O5S2/c1-13-4-8-15(9-5-13)28-21(31)18-19(22(28)32)34-23-20(25(18,2)3)35-24(33)27(23)12-17(30)26-14-6-10-16(29)11-7-14/h4-11,18-19,29H,12H2,1-3H3,(H,26,30)/t18-,19+/m1/s1. The Morgan fingerprint density at radius 1 is 1.03 bits per heavy atom. The lowest BCUT2D eigenvalue weighted by molar-refractivity contribution is -0.123. The molecule has 8 nitrogen and oxygen atoms in total. The number of amides is 3. The van der Waals surface area contributed by atoms with Crippen molar-refractivity contribution in [1.29, 1.82) is 0 Å². The highest BCUT2D eigenvalue weighted by atomic mass is 32.2. The number of anilines is 2. The van der Waals surface area contributed by atoms with Crippen molar-refractivity contribution >= 4 is 52.2 Å². The summed E-state index contributed by atoms with van der Waals surface area (Å²) in [6, 6.07) is 13.3. The molecular formula is C25H23N3O5S2. The quantitative estimate of drug-likeness (QED) is 0.412. The molecule has 1 fully saturated rings. The van der Waals surface area contributed by atoms with Crippen molar-refractivity contribution in [3.05, 3.63) is 68.6 Å². The van der Waals surface area contributed by atoms with E-state index in [1.54, 1.807) is 24.3 Å². The minimum absolute atomic E-state index is 0.0785. The van der Waals surface area contributed by atoms with Gasteiger partial charge in [0.25, 0.3) is 0 Å². The monoisotopic (exact) mass is 509 g/mol. The van der Waals surface area contributed by atoms with Gasteiger partial charge in [0, 0.05) is 16.0 Å². The van der Waals surface area contributed by atoms with Crippen LogP contribution in [0.5, 0.6) is 5.75 Å². The molecule has 0 saturated carbocycles. The van der Waals surface area contributed by atoms with Crippen LogP contribution in [0.4, 0.5) is 11.4 Å². The van der Waals surface area contributed by atoms with Crippen LogP contribution in [0.2, 0.25) is 0 Å². The molecule has 1 saturated heterocycles. The lowest BCUT2D eigenvalue weighted by Gasteiger charge is -2.36. The third kappa shape index (κ3) is 3.86. The van der Waals surface area contributed by atoms with E-state index in [0.717, 1.165) is 16.9 Å². The molecule has 0 aliphatic carbocycles. The first kappa shape index (κ1) is 23.4. The number of thioether (sulfide) groups is 1. The molecule has 2 N–H and O–H groups in total. The topological polar surface area (TPSA) is 109 Å². The lowest BCUT2D eigenvalue weighted by Crippen LogP contribution is -2.41. The largest absolute Gasteiger partial charge is 0.508 e. The average Bonchev–Trinajstić information content (AvgIpc) is 3.25. The Morgan fingerprint density at radius 3 is 2.34 bits per heavy atom. The van der Waals surface area contributed by atoms with Crippen LogP contribution < -0.4 is 15.1 Å². The first-order chi connectivity index (χ1) is 16.6. The second-order valence-electron chi connectivity index (χ2n) is 9.27. The fourth-order valence-corrected chi connectivity index (χ4v) is 7.64. The maximum absolute atomic E-state index is 13.5. The molecular weight excluding hydrogens is 486 g/mol. The Labute approximate surface area is 209 Å². The number of carbonyl (C=O) groups excluding carboxylic acids is 3. The number of carbonyl (C=O) groups is 3. The molecule has 2 aromatic carbocycles. The van der Waals surface area contributed by atoms with Crippen molar-refractivity contribution in [1.82, 2.24) is 4.57 Å². The minimum atomic E-state index is -0.764. The second-order valence-corrected chi connectivity index (χ2v) is 11.4. The summed E-state index contributed by atoms with van der Waals surface area (Å²) in [5, 5.41) is 12.0. The van der Waals surface area contributed by atoms with Crippen LogP contribution >= 0.6 is 23.1 Å². The molecule has 0 unspecified atom stereocenters. The molecule has 3 heterocycles. The van der Waals surface area contributed by atoms with Crippen LogP contribution in [-0.2, 0) is 26.3 Å². The number of aromatic nitrogens is 1. The molecule has 3 aromatic rings. The molecule has 0 spiro atoms. The van der Waals surface area contributed by atoms with Gasteiger partial charge in [-0.15, -0.1) is 0 Å².